The molecule has 0 radical (unpaired) electrons. The van der Waals surface area contributed by atoms with E-state index in [9.17, 15) is 9.59 Å². The zero-order chi connectivity index (χ0) is 16.8. The minimum absolute atomic E-state index is 0.0604. The van der Waals surface area contributed by atoms with Crippen LogP contribution in [0.25, 0.3) is 0 Å². The molecule has 1 heterocycles. The van der Waals surface area contributed by atoms with Crippen LogP contribution in [0.4, 0.5) is 5.69 Å². The third kappa shape index (κ3) is 5.25. The zero-order valence-electron chi connectivity index (χ0n) is 13.9. The van der Waals surface area contributed by atoms with Gasteiger partial charge in [-0.2, -0.15) is 0 Å². The van der Waals surface area contributed by atoms with Gasteiger partial charge in [-0.05, 0) is 31.7 Å². The van der Waals surface area contributed by atoms with Crippen LogP contribution >= 0.6 is 0 Å². The number of aryl methyl sites for hydroxylation is 1. The zero-order valence-corrected chi connectivity index (χ0v) is 13.9. The molecule has 1 aromatic rings. The normalized spacial score (nSPS) is 15.1. The summed E-state index contributed by atoms with van der Waals surface area (Å²) in [7, 11) is 1.78. The molecule has 1 N–H and O–H groups in total. The summed E-state index contributed by atoms with van der Waals surface area (Å²) in [4.78, 5) is 28.8. The summed E-state index contributed by atoms with van der Waals surface area (Å²) in [6.07, 6.45) is 0.0604. The highest BCUT2D eigenvalue weighted by molar-refractivity contribution is 5.78. The van der Waals surface area contributed by atoms with Crippen molar-refractivity contribution in [3.05, 3.63) is 29.8 Å². The van der Waals surface area contributed by atoms with E-state index in [1.54, 1.807) is 11.9 Å². The number of aliphatic carboxylic acids is 1. The van der Waals surface area contributed by atoms with Gasteiger partial charge < -0.3 is 14.9 Å². The van der Waals surface area contributed by atoms with Gasteiger partial charge in [0.25, 0.3) is 0 Å². The van der Waals surface area contributed by atoms with Crippen molar-refractivity contribution >= 4 is 17.6 Å². The number of hydrogen-bond acceptors (Lipinski definition) is 4. The standard InChI is InChI=1S/C17H25N3O3/c1-14-4-3-5-15(12-14)19-8-10-20(11-9-19)16(21)13-18(2)7-6-17(22)23/h3-5,12H,6-11,13H2,1-2H3,(H,22,23). The maximum absolute atomic E-state index is 12.3. The molecular formula is C17H25N3O3. The Balaban J connectivity index is 1.79. The Morgan fingerprint density at radius 2 is 1.91 bits per heavy atom. The fourth-order valence-electron chi connectivity index (χ4n) is 2.74. The summed E-state index contributed by atoms with van der Waals surface area (Å²) in [5.41, 5.74) is 2.44. The van der Waals surface area contributed by atoms with Crippen molar-refractivity contribution in [1.82, 2.24) is 9.80 Å². The molecule has 6 heteroatoms. The number of carboxylic acid groups (broad SMARTS) is 1. The van der Waals surface area contributed by atoms with Crippen molar-refractivity contribution in [2.45, 2.75) is 13.3 Å². The van der Waals surface area contributed by atoms with Crippen LogP contribution in [0.3, 0.4) is 0 Å². The highest BCUT2D eigenvalue weighted by Gasteiger charge is 2.22. The molecule has 1 aromatic carbocycles. The average Bonchev–Trinajstić information content (AvgIpc) is 2.53. The van der Waals surface area contributed by atoms with Crippen molar-refractivity contribution in [2.75, 3.05) is 51.2 Å². The van der Waals surface area contributed by atoms with Crippen molar-refractivity contribution in [1.29, 1.82) is 0 Å². The van der Waals surface area contributed by atoms with Gasteiger partial charge >= 0.3 is 5.97 Å². The molecule has 0 unspecified atom stereocenters. The Hall–Kier alpha value is -2.08. The molecule has 0 bridgehead atoms. The first-order valence-electron chi connectivity index (χ1n) is 7.95. The topological polar surface area (TPSA) is 64.1 Å². The number of benzene rings is 1. The fourth-order valence-corrected chi connectivity index (χ4v) is 2.74. The lowest BCUT2D eigenvalue weighted by atomic mass is 10.2. The van der Waals surface area contributed by atoms with Crippen molar-refractivity contribution in [2.24, 2.45) is 0 Å². The van der Waals surface area contributed by atoms with Gasteiger partial charge in [-0.25, -0.2) is 0 Å². The first kappa shape index (κ1) is 17.3. The summed E-state index contributed by atoms with van der Waals surface area (Å²) in [6.45, 7) is 5.82. The third-order valence-electron chi connectivity index (χ3n) is 4.11. The van der Waals surface area contributed by atoms with Crippen LogP contribution in [-0.2, 0) is 9.59 Å². The molecule has 1 amide bonds. The highest BCUT2D eigenvalue weighted by atomic mass is 16.4. The van der Waals surface area contributed by atoms with Crippen LogP contribution in [0, 0.1) is 6.92 Å². The molecule has 1 fully saturated rings. The monoisotopic (exact) mass is 319 g/mol. The molecule has 1 aliphatic rings. The minimum Gasteiger partial charge on any atom is -0.481 e. The van der Waals surface area contributed by atoms with E-state index in [0.717, 1.165) is 13.1 Å². The Morgan fingerprint density at radius 3 is 2.52 bits per heavy atom. The van der Waals surface area contributed by atoms with Crippen molar-refractivity contribution in [3.8, 4) is 0 Å². The van der Waals surface area contributed by atoms with Gasteiger partial charge in [0.05, 0.1) is 13.0 Å². The number of carboxylic acids is 1. The van der Waals surface area contributed by atoms with Crippen LogP contribution in [-0.4, -0.2) is 73.1 Å². The van der Waals surface area contributed by atoms with Crippen LogP contribution < -0.4 is 4.90 Å². The highest BCUT2D eigenvalue weighted by Crippen LogP contribution is 2.17. The lowest BCUT2D eigenvalue weighted by Gasteiger charge is -2.36. The molecule has 1 saturated heterocycles. The number of amides is 1. The van der Waals surface area contributed by atoms with Crippen molar-refractivity contribution in [3.63, 3.8) is 0 Å². The maximum Gasteiger partial charge on any atom is 0.304 e. The Morgan fingerprint density at radius 1 is 1.22 bits per heavy atom. The number of hydrogen-bond donors (Lipinski definition) is 1. The van der Waals surface area contributed by atoms with Gasteiger partial charge in [0.15, 0.2) is 0 Å². The van der Waals surface area contributed by atoms with E-state index in [1.165, 1.54) is 11.3 Å². The van der Waals surface area contributed by atoms with Gasteiger partial charge in [-0.15, -0.1) is 0 Å². The van der Waals surface area contributed by atoms with E-state index >= 15 is 0 Å². The van der Waals surface area contributed by atoms with Gasteiger partial charge in [0.2, 0.25) is 5.91 Å². The molecule has 0 spiro atoms. The second-order valence-electron chi connectivity index (χ2n) is 6.09. The fraction of sp³-hybridized carbons (Fsp3) is 0.529. The SMILES string of the molecule is Cc1cccc(N2CCN(C(=O)CN(C)CCC(=O)O)CC2)c1. The van der Waals surface area contributed by atoms with Crippen molar-refractivity contribution < 1.29 is 14.7 Å². The molecule has 0 aliphatic carbocycles. The lowest BCUT2D eigenvalue weighted by molar-refractivity contribution is -0.138. The number of rotatable bonds is 6. The number of nitrogens with zero attached hydrogens (tertiary/aromatic N) is 3. The molecule has 1 aliphatic heterocycles. The molecule has 0 saturated carbocycles. The smallest absolute Gasteiger partial charge is 0.304 e. The van der Waals surface area contributed by atoms with Gasteiger partial charge in [0.1, 0.15) is 0 Å². The first-order chi connectivity index (χ1) is 11.0. The van der Waals surface area contributed by atoms with E-state index < -0.39 is 5.97 Å². The maximum atomic E-state index is 12.3. The van der Waals surface area contributed by atoms with E-state index in [-0.39, 0.29) is 18.9 Å². The Labute approximate surface area is 137 Å². The van der Waals surface area contributed by atoms with Gasteiger partial charge in [0, 0.05) is 38.4 Å². The lowest BCUT2D eigenvalue weighted by Crippen LogP contribution is -2.51. The average molecular weight is 319 g/mol. The van der Waals surface area contributed by atoms with Crippen LogP contribution in [0.5, 0.6) is 0 Å². The minimum atomic E-state index is -0.837. The van der Waals surface area contributed by atoms with E-state index in [4.69, 9.17) is 5.11 Å². The predicted molar refractivity (Wildman–Crippen MR) is 89.7 cm³/mol. The van der Waals surface area contributed by atoms with Crippen LogP contribution in [0.1, 0.15) is 12.0 Å². The van der Waals surface area contributed by atoms with Crippen LogP contribution in [0.15, 0.2) is 24.3 Å². The second-order valence-corrected chi connectivity index (χ2v) is 6.09. The molecule has 23 heavy (non-hydrogen) atoms. The molecule has 126 valence electrons. The molecule has 0 atom stereocenters. The summed E-state index contributed by atoms with van der Waals surface area (Å²) in [6, 6.07) is 8.40. The third-order valence-corrected chi connectivity index (χ3v) is 4.11. The molecule has 6 nitrogen and oxygen atoms in total. The number of carbonyl (C=O) groups excluding carboxylic acids is 1. The van der Waals surface area contributed by atoms with E-state index in [0.29, 0.717) is 19.6 Å². The molecular weight excluding hydrogens is 294 g/mol. The summed E-state index contributed by atoms with van der Waals surface area (Å²) in [5.74, 6) is -0.766. The van der Waals surface area contributed by atoms with E-state index in [2.05, 4.69) is 36.1 Å². The van der Waals surface area contributed by atoms with Gasteiger partial charge in [-0.3, -0.25) is 14.5 Å². The van der Waals surface area contributed by atoms with Crippen LogP contribution in [0.2, 0.25) is 0 Å². The van der Waals surface area contributed by atoms with E-state index in [1.807, 2.05) is 4.90 Å². The summed E-state index contributed by atoms with van der Waals surface area (Å²) >= 11 is 0. The number of likely N-dealkylation sites (N-methyl/N-ethyl adjacent to an activating group) is 1. The second kappa shape index (κ2) is 7.97. The molecule has 2 rings (SSSR count). The number of carbonyl (C=O) groups is 2. The first-order valence-corrected chi connectivity index (χ1v) is 7.95. The quantitative estimate of drug-likeness (QED) is 0.849. The largest absolute Gasteiger partial charge is 0.481 e. The summed E-state index contributed by atoms with van der Waals surface area (Å²) < 4.78 is 0. The van der Waals surface area contributed by atoms with Gasteiger partial charge in [-0.1, -0.05) is 12.1 Å². The summed E-state index contributed by atoms with van der Waals surface area (Å²) in [5, 5.41) is 8.67. The Kier molecular flexibility index (Phi) is 5.98. The number of anilines is 1. The Bertz CT molecular complexity index is 554. The molecule has 0 aromatic heterocycles. The predicted octanol–water partition coefficient (Wildman–Crippen LogP) is 1.05. The number of piperazine rings is 1.